The molecule has 162 valence electrons. The largest absolute Gasteiger partial charge is 0.497 e. The lowest BCUT2D eigenvalue weighted by atomic mass is 10.0. The molecular formula is C23H25N3O5. The number of hydrogen-bond donors (Lipinski definition) is 3. The number of carboxylic acid groups (broad SMARTS) is 1. The molecule has 0 radical (unpaired) electrons. The number of pyridine rings is 1. The molecular weight excluding hydrogens is 398 g/mol. The average Bonchev–Trinajstić information content (AvgIpc) is 2.71. The highest BCUT2D eigenvalue weighted by Gasteiger charge is 2.24. The summed E-state index contributed by atoms with van der Waals surface area (Å²) in [5.74, 6) is -0.334. The van der Waals surface area contributed by atoms with Gasteiger partial charge in [-0.1, -0.05) is 6.07 Å². The Morgan fingerprint density at radius 1 is 1.16 bits per heavy atom. The summed E-state index contributed by atoms with van der Waals surface area (Å²) < 4.78 is 11.1. The van der Waals surface area contributed by atoms with Crippen LogP contribution in [0.25, 0.3) is 10.9 Å². The zero-order valence-corrected chi connectivity index (χ0v) is 17.9. The van der Waals surface area contributed by atoms with Gasteiger partial charge >= 0.3 is 5.97 Å². The molecule has 3 rings (SSSR count). The number of nitrogen functional groups attached to an aromatic ring is 1. The second-order valence-electron chi connectivity index (χ2n) is 7.80. The topological polar surface area (TPSA) is 124 Å². The number of nitrogens with zero attached hydrogens (tertiary/aromatic N) is 1. The highest BCUT2D eigenvalue weighted by molar-refractivity contribution is 6.06. The minimum absolute atomic E-state index is 0.0457. The summed E-state index contributed by atoms with van der Waals surface area (Å²) in [7, 11) is 1.56. The number of hydrogen-bond acceptors (Lipinski definition) is 6. The maximum atomic E-state index is 12.6. The highest BCUT2D eigenvalue weighted by Crippen LogP contribution is 2.33. The summed E-state index contributed by atoms with van der Waals surface area (Å²) in [6.07, 6.45) is 0. The first-order valence-electron chi connectivity index (χ1n) is 9.64. The van der Waals surface area contributed by atoms with Gasteiger partial charge in [0, 0.05) is 5.56 Å². The first kappa shape index (κ1) is 21.9. The molecule has 0 spiro atoms. The van der Waals surface area contributed by atoms with E-state index in [-0.39, 0.29) is 23.8 Å². The summed E-state index contributed by atoms with van der Waals surface area (Å²) in [5.41, 5.74) is 6.87. The van der Waals surface area contributed by atoms with Crippen molar-refractivity contribution >= 4 is 28.5 Å². The number of carboxylic acids is 1. The van der Waals surface area contributed by atoms with Crippen molar-refractivity contribution in [2.75, 3.05) is 19.5 Å². The number of ether oxygens (including phenoxy) is 2. The van der Waals surface area contributed by atoms with Crippen molar-refractivity contribution in [3.05, 3.63) is 59.3 Å². The van der Waals surface area contributed by atoms with Crippen molar-refractivity contribution < 1.29 is 24.2 Å². The molecule has 0 aliphatic carbocycles. The number of carbonyl (C=O) groups is 2. The van der Waals surface area contributed by atoms with E-state index in [1.54, 1.807) is 56.5 Å². The second-order valence-corrected chi connectivity index (χ2v) is 7.80. The Kier molecular flexibility index (Phi) is 6.01. The van der Waals surface area contributed by atoms with E-state index >= 15 is 0 Å². The molecule has 1 heterocycles. The van der Waals surface area contributed by atoms with Gasteiger partial charge < -0.3 is 25.6 Å². The Labute approximate surface area is 180 Å². The van der Waals surface area contributed by atoms with Gasteiger partial charge in [-0.25, -0.2) is 4.79 Å². The maximum absolute atomic E-state index is 12.6. The number of aromatic carboxylic acids is 1. The quantitative estimate of drug-likeness (QED) is 0.532. The fourth-order valence-electron chi connectivity index (χ4n) is 3.25. The standard InChI is InChI=1S/C23H25N3O5/c1-13-18(22(28)29)20(24)19-16(25-13)6-5-7-17(19)31-12-23(2,3)26-21(27)14-8-10-15(30-4)11-9-14/h5-11H,12H2,1-4H3,(H2,24,25)(H,26,27)(H,28,29). The number of rotatable bonds is 7. The van der Waals surface area contributed by atoms with Crippen molar-refractivity contribution in [2.24, 2.45) is 0 Å². The Morgan fingerprint density at radius 3 is 2.45 bits per heavy atom. The van der Waals surface area contributed by atoms with E-state index in [2.05, 4.69) is 10.3 Å². The average molecular weight is 423 g/mol. The monoisotopic (exact) mass is 423 g/mol. The summed E-state index contributed by atoms with van der Waals surface area (Å²) >= 11 is 0. The Hall–Kier alpha value is -3.81. The number of aryl methyl sites for hydroxylation is 1. The van der Waals surface area contributed by atoms with Crippen LogP contribution in [0, 0.1) is 6.92 Å². The number of carbonyl (C=O) groups excluding carboxylic acids is 1. The molecule has 4 N–H and O–H groups in total. The van der Waals surface area contributed by atoms with Crippen LogP contribution in [0.4, 0.5) is 5.69 Å². The highest BCUT2D eigenvalue weighted by atomic mass is 16.5. The molecule has 0 atom stereocenters. The normalized spacial score (nSPS) is 11.2. The lowest BCUT2D eigenvalue weighted by Gasteiger charge is -2.27. The summed E-state index contributed by atoms with van der Waals surface area (Å²) in [5, 5.41) is 12.8. The lowest BCUT2D eigenvalue weighted by molar-refractivity contribution is 0.0696. The predicted molar refractivity (Wildman–Crippen MR) is 118 cm³/mol. The fourth-order valence-corrected chi connectivity index (χ4v) is 3.25. The van der Waals surface area contributed by atoms with Crippen LogP contribution < -0.4 is 20.5 Å². The van der Waals surface area contributed by atoms with Gasteiger partial charge in [0.2, 0.25) is 0 Å². The molecule has 0 saturated heterocycles. The molecule has 8 nitrogen and oxygen atoms in total. The number of nitrogens with two attached hydrogens (primary N) is 1. The molecule has 0 fully saturated rings. The SMILES string of the molecule is COc1ccc(C(=O)NC(C)(C)COc2cccc3nc(C)c(C(=O)O)c(N)c23)cc1. The molecule has 0 aliphatic rings. The molecule has 0 aliphatic heterocycles. The van der Waals surface area contributed by atoms with Gasteiger partial charge in [-0.15, -0.1) is 0 Å². The zero-order valence-electron chi connectivity index (χ0n) is 17.9. The van der Waals surface area contributed by atoms with Gasteiger partial charge in [0.25, 0.3) is 5.91 Å². The summed E-state index contributed by atoms with van der Waals surface area (Å²) in [4.78, 5) is 28.5. The third-order valence-corrected chi connectivity index (χ3v) is 4.80. The van der Waals surface area contributed by atoms with Crippen LogP contribution in [0.15, 0.2) is 42.5 Å². The molecule has 0 saturated carbocycles. The van der Waals surface area contributed by atoms with Crippen molar-refractivity contribution in [3.8, 4) is 11.5 Å². The van der Waals surface area contributed by atoms with Crippen LogP contribution in [0.3, 0.4) is 0 Å². The third-order valence-electron chi connectivity index (χ3n) is 4.80. The third kappa shape index (κ3) is 4.69. The number of aromatic nitrogens is 1. The summed E-state index contributed by atoms with van der Waals surface area (Å²) in [6.45, 7) is 5.39. The minimum atomic E-state index is -1.15. The molecule has 0 bridgehead atoms. The van der Waals surface area contributed by atoms with Crippen LogP contribution in [0.5, 0.6) is 11.5 Å². The second kappa shape index (κ2) is 8.51. The molecule has 1 aromatic heterocycles. The van der Waals surface area contributed by atoms with E-state index in [0.29, 0.717) is 33.7 Å². The minimum Gasteiger partial charge on any atom is -0.497 e. The first-order chi connectivity index (χ1) is 14.6. The first-order valence-corrected chi connectivity index (χ1v) is 9.64. The van der Waals surface area contributed by atoms with Gasteiger partial charge in [-0.05, 0) is 57.2 Å². The number of amides is 1. The molecule has 3 aromatic rings. The van der Waals surface area contributed by atoms with Gasteiger partial charge in [0.1, 0.15) is 23.7 Å². The Bertz CT molecular complexity index is 1140. The Morgan fingerprint density at radius 2 is 1.84 bits per heavy atom. The number of nitrogens with one attached hydrogen (secondary N) is 1. The van der Waals surface area contributed by atoms with Gasteiger partial charge in [0.15, 0.2) is 0 Å². The van der Waals surface area contributed by atoms with E-state index < -0.39 is 11.5 Å². The van der Waals surface area contributed by atoms with Gasteiger partial charge in [-0.3, -0.25) is 9.78 Å². The van der Waals surface area contributed by atoms with Crippen molar-refractivity contribution in [2.45, 2.75) is 26.3 Å². The smallest absolute Gasteiger partial charge is 0.339 e. The molecule has 1 amide bonds. The molecule has 0 unspecified atom stereocenters. The molecule has 8 heteroatoms. The number of anilines is 1. The maximum Gasteiger partial charge on any atom is 0.339 e. The van der Waals surface area contributed by atoms with Gasteiger partial charge in [0.05, 0.1) is 34.9 Å². The number of benzene rings is 2. The summed E-state index contributed by atoms with van der Waals surface area (Å²) in [6, 6.07) is 12.0. The van der Waals surface area contributed by atoms with E-state index in [9.17, 15) is 14.7 Å². The van der Waals surface area contributed by atoms with Gasteiger partial charge in [-0.2, -0.15) is 0 Å². The number of fused-ring (bicyclic) bond motifs is 1. The predicted octanol–water partition coefficient (Wildman–Crippen LogP) is 3.42. The zero-order chi connectivity index (χ0) is 22.8. The van der Waals surface area contributed by atoms with Crippen molar-refractivity contribution in [1.82, 2.24) is 10.3 Å². The lowest BCUT2D eigenvalue weighted by Crippen LogP contribution is -2.47. The van der Waals surface area contributed by atoms with Crippen LogP contribution in [0.2, 0.25) is 0 Å². The fraction of sp³-hybridized carbons (Fsp3) is 0.261. The van der Waals surface area contributed by atoms with E-state index in [4.69, 9.17) is 15.2 Å². The molecule has 31 heavy (non-hydrogen) atoms. The number of methoxy groups -OCH3 is 1. The van der Waals surface area contributed by atoms with E-state index in [0.717, 1.165) is 0 Å². The molecule has 2 aromatic carbocycles. The van der Waals surface area contributed by atoms with Crippen LogP contribution >= 0.6 is 0 Å². The van der Waals surface area contributed by atoms with E-state index in [1.165, 1.54) is 0 Å². The van der Waals surface area contributed by atoms with Crippen LogP contribution in [0.1, 0.15) is 40.3 Å². The van der Waals surface area contributed by atoms with E-state index in [1.807, 2.05) is 13.8 Å². The van der Waals surface area contributed by atoms with Crippen molar-refractivity contribution in [1.29, 1.82) is 0 Å². The van der Waals surface area contributed by atoms with Crippen LogP contribution in [-0.4, -0.2) is 41.2 Å². The Balaban J connectivity index is 1.81. The van der Waals surface area contributed by atoms with Crippen LogP contribution in [-0.2, 0) is 0 Å². The van der Waals surface area contributed by atoms with Crippen molar-refractivity contribution in [3.63, 3.8) is 0 Å².